The summed E-state index contributed by atoms with van der Waals surface area (Å²) in [7, 11) is 0. The molecule has 0 saturated carbocycles. The predicted octanol–water partition coefficient (Wildman–Crippen LogP) is 6.13. The fraction of sp³-hybridized carbons (Fsp3) is 0.231. The van der Waals surface area contributed by atoms with Gasteiger partial charge in [-0.25, -0.2) is 4.79 Å². The number of aromatic carboxylic acids is 1. The Kier molecular flexibility index (Phi) is 7.53. The summed E-state index contributed by atoms with van der Waals surface area (Å²) >= 11 is 1.66. The van der Waals surface area contributed by atoms with Gasteiger partial charge >= 0.3 is 5.97 Å². The average Bonchev–Trinajstić information content (AvgIpc) is 2.74. The van der Waals surface area contributed by atoms with Crippen LogP contribution in [-0.2, 0) is 18.6 Å². The second kappa shape index (κ2) is 10.3. The van der Waals surface area contributed by atoms with Crippen molar-refractivity contribution in [3.63, 3.8) is 0 Å². The van der Waals surface area contributed by atoms with Gasteiger partial charge in [0.25, 0.3) is 0 Å². The van der Waals surface area contributed by atoms with Gasteiger partial charge in [-0.15, -0.1) is 11.8 Å². The molecule has 0 fully saturated rings. The number of carboxylic acids is 1. The van der Waals surface area contributed by atoms with E-state index in [4.69, 9.17) is 5.11 Å². The Bertz CT molecular complexity index is 1090. The lowest BCUT2D eigenvalue weighted by atomic mass is 10.0. The van der Waals surface area contributed by atoms with Gasteiger partial charge in [-0.2, -0.15) is 0 Å². The van der Waals surface area contributed by atoms with Crippen molar-refractivity contribution in [2.24, 2.45) is 0 Å². The number of Topliss-reactive ketones (excluding diaryl/α,β-unsaturated/α-hetero) is 1. The van der Waals surface area contributed by atoms with Gasteiger partial charge < -0.3 is 10.2 Å². The number of carbonyl (C=O) groups excluding carboxylic acids is 1. The number of phenols is 1. The number of aromatic hydroxyl groups is 1. The van der Waals surface area contributed by atoms with Crippen molar-refractivity contribution >= 4 is 23.5 Å². The topological polar surface area (TPSA) is 74.6 Å². The van der Waals surface area contributed by atoms with Crippen LogP contribution in [0.15, 0.2) is 65.6 Å². The van der Waals surface area contributed by atoms with E-state index in [0.717, 1.165) is 46.6 Å². The third-order valence-electron chi connectivity index (χ3n) is 5.11. The maximum absolute atomic E-state index is 11.8. The number of rotatable bonds is 9. The summed E-state index contributed by atoms with van der Waals surface area (Å²) in [5.74, 6) is -0.190. The monoisotopic (exact) mass is 434 g/mol. The molecule has 0 aliphatic carbocycles. The number of hydrogen-bond donors (Lipinski definition) is 2. The maximum Gasteiger partial charge on any atom is 0.335 e. The Hall–Kier alpha value is -3.05. The van der Waals surface area contributed by atoms with Crippen molar-refractivity contribution in [2.75, 3.05) is 0 Å². The molecule has 3 aromatic rings. The van der Waals surface area contributed by atoms with E-state index in [-0.39, 0.29) is 17.1 Å². The van der Waals surface area contributed by atoms with Crippen LogP contribution in [0.4, 0.5) is 0 Å². The quantitative estimate of drug-likeness (QED) is 0.313. The van der Waals surface area contributed by atoms with Crippen molar-refractivity contribution in [1.29, 1.82) is 0 Å². The SMILES string of the molecule is CCCc1c(SCc2cccc(Cc3ccc(C(=O)O)cc3)c2)ccc(C(C)=O)c1O. The fourth-order valence-corrected chi connectivity index (χ4v) is 4.56. The second-order valence-electron chi connectivity index (χ2n) is 7.53. The molecule has 3 aromatic carbocycles. The molecule has 2 N–H and O–H groups in total. The molecule has 3 rings (SSSR count). The van der Waals surface area contributed by atoms with E-state index < -0.39 is 5.97 Å². The molecule has 0 heterocycles. The third kappa shape index (κ3) is 5.76. The Morgan fingerprint density at radius 3 is 2.29 bits per heavy atom. The minimum absolute atomic E-state index is 0.109. The minimum atomic E-state index is -0.921. The first-order chi connectivity index (χ1) is 14.9. The highest BCUT2D eigenvalue weighted by Gasteiger charge is 2.15. The third-order valence-corrected chi connectivity index (χ3v) is 6.29. The largest absolute Gasteiger partial charge is 0.507 e. The average molecular weight is 435 g/mol. The van der Waals surface area contributed by atoms with Crippen LogP contribution in [0.3, 0.4) is 0 Å². The molecular weight excluding hydrogens is 408 g/mol. The molecule has 31 heavy (non-hydrogen) atoms. The molecule has 0 aromatic heterocycles. The number of hydrogen-bond acceptors (Lipinski definition) is 4. The lowest BCUT2D eigenvalue weighted by Crippen LogP contribution is -1.98. The first-order valence-electron chi connectivity index (χ1n) is 10.3. The summed E-state index contributed by atoms with van der Waals surface area (Å²) < 4.78 is 0. The summed E-state index contributed by atoms with van der Waals surface area (Å²) in [6, 6.07) is 18.9. The minimum Gasteiger partial charge on any atom is -0.507 e. The van der Waals surface area contributed by atoms with Crippen LogP contribution in [0.2, 0.25) is 0 Å². The number of thioether (sulfide) groups is 1. The molecule has 4 nitrogen and oxygen atoms in total. The zero-order valence-corrected chi connectivity index (χ0v) is 18.5. The van der Waals surface area contributed by atoms with Crippen LogP contribution in [0.25, 0.3) is 0 Å². The van der Waals surface area contributed by atoms with Gasteiger partial charge in [0.15, 0.2) is 5.78 Å². The standard InChI is InChI=1S/C26H26O4S/c1-3-5-23-24(13-12-22(17(2)27)25(23)28)31-16-20-7-4-6-19(15-20)14-18-8-10-21(11-9-18)26(29)30/h4,6-13,15,28H,3,5,14,16H2,1-2H3,(H,29,30). The smallest absolute Gasteiger partial charge is 0.335 e. The first-order valence-corrected chi connectivity index (χ1v) is 11.3. The predicted molar refractivity (Wildman–Crippen MR) is 124 cm³/mol. The Morgan fingerprint density at radius 1 is 0.935 bits per heavy atom. The number of benzene rings is 3. The lowest BCUT2D eigenvalue weighted by molar-refractivity contribution is 0.0696. The van der Waals surface area contributed by atoms with E-state index in [1.54, 1.807) is 30.0 Å². The summed E-state index contributed by atoms with van der Waals surface area (Å²) in [6.45, 7) is 3.53. The van der Waals surface area contributed by atoms with Crippen LogP contribution in [-0.4, -0.2) is 22.0 Å². The molecule has 0 bridgehead atoms. The van der Waals surface area contributed by atoms with Crippen molar-refractivity contribution < 1.29 is 19.8 Å². The number of carbonyl (C=O) groups is 2. The molecule has 0 spiro atoms. The number of phenolic OH excluding ortho intramolecular Hbond substituents is 1. The van der Waals surface area contributed by atoms with E-state index in [1.807, 2.05) is 24.3 Å². The van der Waals surface area contributed by atoms with Gasteiger partial charge in [0, 0.05) is 16.2 Å². The highest BCUT2D eigenvalue weighted by molar-refractivity contribution is 7.98. The molecular formula is C26H26O4S. The Morgan fingerprint density at radius 2 is 1.65 bits per heavy atom. The van der Waals surface area contributed by atoms with Crippen molar-refractivity contribution in [3.8, 4) is 5.75 Å². The van der Waals surface area contributed by atoms with Crippen LogP contribution >= 0.6 is 11.8 Å². The van der Waals surface area contributed by atoms with Gasteiger partial charge in [-0.05, 0) is 60.7 Å². The van der Waals surface area contributed by atoms with Gasteiger partial charge in [-0.1, -0.05) is 49.7 Å². The van der Waals surface area contributed by atoms with Crippen molar-refractivity contribution in [2.45, 2.75) is 43.8 Å². The Labute approximate surface area is 186 Å². The summed E-state index contributed by atoms with van der Waals surface area (Å²) in [6.07, 6.45) is 2.34. The molecule has 0 unspecified atom stereocenters. The van der Waals surface area contributed by atoms with Gasteiger partial charge in [0.1, 0.15) is 5.75 Å². The highest BCUT2D eigenvalue weighted by atomic mass is 32.2. The lowest BCUT2D eigenvalue weighted by Gasteiger charge is -2.13. The van der Waals surface area contributed by atoms with E-state index in [2.05, 4.69) is 25.1 Å². The van der Waals surface area contributed by atoms with Crippen LogP contribution in [0.5, 0.6) is 5.75 Å². The summed E-state index contributed by atoms with van der Waals surface area (Å²) in [5.41, 5.74) is 4.89. The van der Waals surface area contributed by atoms with Gasteiger partial charge in [0.05, 0.1) is 11.1 Å². The van der Waals surface area contributed by atoms with Gasteiger partial charge in [-0.3, -0.25) is 4.79 Å². The maximum atomic E-state index is 11.8. The normalized spacial score (nSPS) is 10.8. The molecule has 5 heteroatoms. The molecule has 0 saturated heterocycles. The number of ketones is 1. The number of carboxylic acid groups (broad SMARTS) is 1. The van der Waals surface area contributed by atoms with Crippen molar-refractivity contribution in [1.82, 2.24) is 0 Å². The molecule has 0 atom stereocenters. The van der Waals surface area contributed by atoms with Gasteiger partial charge in [0.2, 0.25) is 0 Å². The molecule has 0 radical (unpaired) electrons. The zero-order valence-electron chi connectivity index (χ0n) is 17.7. The first kappa shape index (κ1) is 22.6. The molecule has 0 amide bonds. The zero-order chi connectivity index (χ0) is 22.4. The molecule has 160 valence electrons. The fourth-order valence-electron chi connectivity index (χ4n) is 3.52. The van der Waals surface area contributed by atoms with Crippen molar-refractivity contribution in [3.05, 3.63) is 94.0 Å². The molecule has 0 aliphatic heterocycles. The summed E-state index contributed by atoms with van der Waals surface area (Å²) in [5, 5.41) is 19.6. The molecule has 0 aliphatic rings. The second-order valence-corrected chi connectivity index (χ2v) is 8.55. The van der Waals surface area contributed by atoms with E-state index in [1.165, 1.54) is 12.5 Å². The Balaban J connectivity index is 1.73. The van der Waals surface area contributed by atoms with Crippen LogP contribution in [0, 0.1) is 0 Å². The van der Waals surface area contributed by atoms with E-state index in [0.29, 0.717) is 5.56 Å². The summed E-state index contributed by atoms with van der Waals surface area (Å²) in [4.78, 5) is 23.8. The van der Waals surface area contributed by atoms with Crippen LogP contribution in [0.1, 0.15) is 63.2 Å². The van der Waals surface area contributed by atoms with Crippen LogP contribution < -0.4 is 0 Å². The highest BCUT2D eigenvalue weighted by Crippen LogP contribution is 2.35. The van der Waals surface area contributed by atoms with E-state index >= 15 is 0 Å². The van der Waals surface area contributed by atoms with E-state index in [9.17, 15) is 14.7 Å².